The molecule has 0 aliphatic heterocycles. The van der Waals surface area contributed by atoms with Gasteiger partial charge in [0.1, 0.15) is 28.8 Å². The first kappa shape index (κ1) is 35.0. The molecule has 0 bridgehead atoms. The predicted octanol–water partition coefficient (Wildman–Crippen LogP) is 8.21. The molecule has 0 fully saturated rings. The van der Waals surface area contributed by atoms with Crippen molar-refractivity contribution in [3.63, 3.8) is 0 Å². The van der Waals surface area contributed by atoms with E-state index in [1.54, 1.807) is 19.1 Å². The van der Waals surface area contributed by atoms with Crippen molar-refractivity contribution in [2.75, 3.05) is 32.8 Å². The van der Waals surface area contributed by atoms with Crippen molar-refractivity contribution >= 4 is 15.5 Å². The monoisotopic (exact) mass is 624 g/mol. The summed E-state index contributed by atoms with van der Waals surface area (Å²) in [5.74, 6) is -2.45. The zero-order chi connectivity index (χ0) is 32.2. The lowest BCUT2D eigenvalue weighted by atomic mass is 10.1. The molecule has 232 valence electrons. The largest absolute Gasteiger partial charge is 0.457 e. The van der Waals surface area contributed by atoms with E-state index in [2.05, 4.69) is 5.32 Å². The minimum atomic E-state index is -3.87. The van der Waals surface area contributed by atoms with E-state index in [1.165, 1.54) is 72.8 Å². The first-order valence-electron chi connectivity index (χ1n) is 12.7. The molecule has 3 N–H and O–H groups in total. The van der Waals surface area contributed by atoms with E-state index in [4.69, 9.17) is 15.2 Å². The molecule has 0 saturated heterocycles. The Balaban J connectivity index is 0.00000155. The quantitative estimate of drug-likeness (QED) is 0.173. The van der Waals surface area contributed by atoms with E-state index in [0.29, 0.717) is 50.2 Å². The van der Waals surface area contributed by atoms with Crippen LogP contribution in [0.25, 0.3) is 0 Å². The molecule has 0 heterocycles. The molecule has 0 spiro atoms. The maximum Gasteiger partial charge on any atom is 0.270 e. The molecular formula is C31H33F5N2O4S. The molecule has 4 rings (SSSR count). The number of benzene rings is 4. The summed E-state index contributed by atoms with van der Waals surface area (Å²) in [5, 5.41) is 2.96. The van der Waals surface area contributed by atoms with Gasteiger partial charge in [0, 0.05) is 43.4 Å². The fourth-order valence-electron chi connectivity index (χ4n) is 3.77. The third-order valence-corrected chi connectivity index (χ3v) is 7.43. The van der Waals surface area contributed by atoms with Crippen LogP contribution in [-0.2, 0) is 15.8 Å². The van der Waals surface area contributed by atoms with E-state index < -0.39 is 21.6 Å². The summed E-state index contributed by atoms with van der Waals surface area (Å²) in [7, 11) is -2.87. The van der Waals surface area contributed by atoms with Crippen LogP contribution >= 0.6 is 0 Å². The molecule has 4 aromatic rings. The van der Waals surface area contributed by atoms with Crippen molar-refractivity contribution in [2.45, 2.75) is 29.6 Å². The average Bonchev–Trinajstić information content (AvgIpc) is 2.98. The van der Waals surface area contributed by atoms with Crippen LogP contribution in [0.4, 0.5) is 27.6 Å². The molecule has 0 aliphatic rings. The van der Waals surface area contributed by atoms with E-state index in [-0.39, 0.29) is 26.9 Å². The standard InChI is InChI=1S/C29H27F3N2O4S.2CH3F/c1-19-13-21(30)17-25(14-19)37-23-3-7-27(8-4-23)39(35,36)28-9-5-24(6-10-28)38-26-16-20(29(2,31)32)15-22(18-26)34-12-11-33;2*1-2/h3-10,13-18,34H,11-12,33H2,1-2H3;2*1H3. The molecule has 0 radical (unpaired) electrons. The summed E-state index contributed by atoms with van der Waals surface area (Å²) >= 11 is 0. The zero-order valence-corrected chi connectivity index (χ0v) is 24.8. The Bertz CT molecular complexity index is 1540. The molecule has 6 nitrogen and oxygen atoms in total. The Morgan fingerprint density at radius 1 is 0.744 bits per heavy atom. The number of halogens is 5. The van der Waals surface area contributed by atoms with E-state index in [1.807, 2.05) is 0 Å². The Kier molecular flexibility index (Phi) is 13.0. The molecule has 0 saturated carbocycles. The number of nitrogens with two attached hydrogens (primary N) is 1. The normalized spacial score (nSPS) is 10.9. The number of aryl methyl sites for hydroxylation is 1. The molecular weight excluding hydrogens is 591 g/mol. The lowest BCUT2D eigenvalue weighted by molar-refractivity contribution is 0.0173. The third-order valence-electron chi connectivity index (χ3n) is 5.64. The topological polar surface area (TPSA) is 90.7 Å². The van der Waals surface area contributed by atoms with Crippen LogP contribution in [0.3, 0.4) is 0 Å². The van der Waals surface area contributed by atoms with Gasteiger partial charge in [0.15, 0.2) is 0 Å². The van der Waals surface area contributed by atoms with E-state index in [9.17, 15) is 30.4 Å². The zero-order valence-electron chi connectivity index (χ0n) is 24.0. The summed E-state index contributed by atoms with van der Waals surface area (Å²) in [6.07, 6.45) is 0. The first-order chi connectivity index (χ1) is 20.4. The van der Waals surface area contributed by atoms with Gasteiger partial charge in [0.25, 0.3) is 5.92 Å². The third kappa shape index (κ3) is 9.97. The maximum atomic E-state index is 14.0. The lowest BCUT2D eigenvalue weighted by Gasteiger charge is -2.16. The molecule has 4 aromatic carbocycles. The Morgan fingerprint density at radius 3 is 1.67 bits per heavy atom. The van der Waals surface area contributed by atoms with Crippen LogP contribution in [0.1, 0.15) is 18.1 Å². The highest BCUT2D eigenvalue weighted by Gasteiger charge is 2.26. The predicted molar refractivity (Wildman–Crippen MR) is 157 cm³/mol. The van der Waals surface area contributed by atoms with Crippen LogP contribution in [0, 0.1) is 12.7 Å². The smallest absolute Gasteiger partial charge is 0.270 e. The fraction of sp³-hybridized carbons (Fsp3) is 0.226. The van der Waals surface area contributed by atoms with Crippen molar-refractivity contribution < 1.29 is 39.8 Å². The average molecular weight is 625 g/mol. The Hall–Kier alpha value is -4.16. The first-order valence-corrected chi connectivity index (χ1v) is 14.2. The fourth-order valence-corrected chi connectivity index (χ4v) is 5.03. The van der Waals surface area contributed by atoms with Crippen LogP contribution in [0.2, 0.25) is 0 Å². The summed E-state index contributed by atoms with van der Waals surface area (Å²) < 4.78 is 98.2. The molecule has 0 unspecified atom stereocenters. The second kappa shape index (κ2) is 15.9. The van der Waals surface area contributed by atoms with Gasteiger partial charge in [-0.05, 0) is 85.3 Å². The number of anilines is 1. The summed E-state index contributed by atoms with van der Waals surface area (Å²) in [6.45, 7) is 3.24. The minimum Gasteiger partial charge on any atom is -0.457 e. The Labute approximate surface area is 248 Å². The maximum absolute atomic E-state index is 14.0. The second-order valence-electron chi connectivity index (χ2n) is 8.96. The molecule has 0 amide bonds. The molecule has 0 aromatic heterocycles. The van der Waals surface area contributed by atoms with Crippen molar-refractivity contribution in [2.24, 2.45) is 5.73 Å². The number of rotatable bonds is 10. The number of sulfone groups is 1. The molecule has 0 aliphatic carbocycles. The minimum absolute atomic E-state index is 0.0171. The van der Waals surface area contributed by atoms with Crippen LogP contribution in [0.5, 0.6) is 23.0 Å². The van der Waals surface area contributed by atoms with E-state index >= 15 is 0 Å². The number of nitrogens with one attached hydrogen (secondary N) is 1. The number of ether oxygens (including phenoxy) is 2. The van der Waals surface area contributed by atoms with Crippen molar-refractivity contribution in [3.05, 3.63) is 102 Å². The van der Waals surface area contributed by atoms with Gasteiger partial charge in [0.2, 0.25) is 9.84 Å². The highest BCUT2D eigenvalue weighted by molar-refractivity contribution is 7.91. The van der Waals surface area contributed by atoms with Gasteiger partial charge in [-0.2, -0.15) is 0 Å². The highest BCUT2D eigenvalue weighted by atomic mass is 32.2. The second-order valence-corrected chi connectivity index (χ2v) is 10.9. The summed E-state index contributed by atoms with van der Waals surface area (Å²) in [4.78, 5) is 0.0517. The van der Waals surface area contributed by atoms with Gasteiger partial charge in [-0.25, -0.2) is 21.6 Å². The van der Waals surface area contributed by atoms with Gasteiger partial charge in [-0.3, -0.25) is 8.78 Å². The van der Waals surface area contributed by atoms with Crippen molar-refractivity contribution in [1.29, 1.82) is 0 Å². The van der Waals surface area contributed by atoms with Crippen molar-refractivity contribution in [3.8, 4) is 23.0 Å². The molecule has 12 heteroatoms. The summed E-state index contributed by atoms with van der Waals surface area (Å²) in [5.41, 5.74) is 6.37. The van der Waals surface area contributed by atoms with Crippen LogP contribution < -0.4 is 20.5 Å². The van der Waals surface area contributed by atoms with E-state index in [0.717, 1.165) is 6.92 Å². The van der Waals surface area contributed by atoms with Crippen molar-refractivity contribution in [1.82, 2.24) is 0 Å². The van der Waals surface area contributed by atoms with Gasteiger partial charge < -0.3 is 20.5 Å². The molecule has 43 heavy (non-hydrogen) atoms. The SMILES string of the molecule is CF.CF.Cc1cc(F)cc(Oc2ccc(S(=O)(=O)c3ccc(Oc4cc(NCCN)cc(C(C)(F)F)c4)cc3)cc2)c1. The van der Waals surface area contributed by atoms with Gasteiger partial charge in [-0.15, -0.1) is 0 Å². The highest BCUT2D eigenvalue weighted by Crippen LogP contribution is 2.35. The van der Waals surface area contributed by atoms with Crippen LogP contribution in [-0.4, -0.2) is 35.9 Å². The lowest BCUT2D eigenvalue weighted by Crippen LogP contribution is -2.14. The number of alkyl halides is 4. The number of hydrogen-bond acceptors (Lipinski definition) is 6. The van der Waals surface area contributed by atoms with Crippen LogP contribution in [0.15, 0.2) is 94.7 Å². The van der Waals surface area contributed by atoms with Gasteiger partial charge in [-0.1, -0.05) is 0 Å². The molecule has 0 atom stereocenters. The van der Waals surface area contributed by atoms with Gasteiger partial charge in [0.05, 0.1) is 24.1 Å². The van der Waals surface area contributed by atoms with Gasteiger partial charge >= 0.3 is 0 Å². The number of hydrogen-bond donors (Lipinski definition) is 2. The Morgan fingerprint density at radius 2 is 1.23 bits per heavy atom. The summed E-state index contributed by atoms with van der Waals surface area (Å²) in [6, 6.07) is 19.8.